The van der Waals surface area contributed by atoms with Gasteiger partial charge in [-0.05, 0) is 59.1 Å². The number of thiophene rings is 1. The van der Waals surface area contributed by atoms with Crippen LogP contribution in [0.15, 0.2) is 59.3 Å². The summed E-state index contributed by atoms with van der Waals surface area (Å²) in [6, 6.07) is 15.3. The van der Waals surface area contributed by atoms with Crippen molar-refractivity contribution >= 4 is 39.7 Å². The van der Waals surface area contributed by atoms with Crippen molar-refractivity contribution in [2.45, 2.75) is 26.4 Å². The smallest absolute Gasteiger partial charge is 0.247 e. The summed E-state index contributed by atoms with van der Waals surface area (Å²) in [6.07, 6.45) is 0.335. The number of amides is 1. The molecule has 0 radical (unpaired) electrons. The highest BCUT2D eigenvalue weighted by molar-refractivity contribution is 7.07. The summed E-state index contributed by atoms with van der Waals surface area (Å²) in [5.41, 5.74) is 3.38. The minimum absolute atomic E-state index is 0.0474. The van der Waals surface area contributed by atoms with Crippen molar-refractivity contribution < 1.29 is 14.0 Å². The van der Waals surface area contributed by atoms with Gasteiger partial charge >= 0.3 is 0 Å². The van der Waals surface area contributed by atoms with Crippen LogP contribution in [0.2, 0.25) is 0 Å². The molecule has 1 amide bonds. The molecular formula is C24H19FN4O2S. The van der Waals surface area contributed by atoms with Gasteiger partial charge in [0.15, 0.2) is 0 Å². The van der Waals surface area contributed by atoms with Gasteiger partial charge in [0, 0.05) is 18.2 Å². The second-order valence-electron chi connectivity index (χ2n) is 7.42. The molecule has 160 valence electrons. The van der Waals surface area contributed by atoms with E-state index in [1.54, 1.807) is 16.2 Å². The maximum absolute atomic E-state index is 13.6. The lowest BCUT2D eigenvalue weighted by Gasteiger charge is -2.23. The Morgan fingerprint density at radius 2 is 1.94 bits per heavy atom. The molecule has 0 saturated carbocycles. The zero-order valence-electron chi connectivity index (χ0n) is 17.3. The van der Waals surface area contributed by atoms with E-state index in [0.29, 0.717) is 29.7 Å². The van der Waals surface area contributed by atoms with E-state index in [2.05, 4.69) is 4.98 Å². The maximum Gasteiger partial charge on any atom is 0.247 e. The molecule has 0 aliphatic heterocycles. The first-order valence-electron chi connectivity index (χ1n) is 9.90. The molecule has 2 aromatic heterocycles. The van der Waals surface area contributed by atoms with Gasteiger partial charge in [-0.3, -0.25) is 9.59 Å². The molecule has 0 unspecified atom stereocenters. The van der Waals surface area contributed by atoms with Crippen molar-refractivity contribution in [2.75, 3.05) is 4.90 Å². The Labute approximate surface area is 188 Å². The van der Waals surface area contributed by atoms with Crippen molar-refractivity contribution in [2.24, 2.45) is 0 Å². The second kappa shape index (κ2) is 9.12. The number of anilines is 1. The number of nitriles is 1. The zero-order valence-corrected chi connectivity index (χ0v) is 18.1. The largest absolute Gasteiger partial charge is 0.306 e. The molecule has 4 aromatic rings. The number of ketones is 1. The number of benzene rings is 2. The van der Waals surface area contributed by atoms with Gasteiger partial charge in [-0.1, -0.05) is 12.1 Å². The van der Waals surface area contributed by atoms with Crippen LogP contribution in [-0.2, 0) is 29.1 Å². The van der Waals surface area contributed by atoms with Gasteiger partial charge in [-0.2, -0.15) is 16.6 Å². The SMILES string of the molecule is CC(=O)Cc1ccc(N(Cc2ccsc2)C(=O)Cn2c(C#N)nc3cc(F)ccc32)cc1. The molecule has 0 atom stereocenters. The molecule has 2 aromatic carbocycles. The number of imidazole rings is 1. The number of carbonyl (C=O) groups is 2. The van der Waals surface area contributed by atoms with Crippen LogP contribution in [-0.4, -0.2) is 21.2 Å². The standard InChI is InChI=1S/C24H19FN4O2S/c1-16(30)10-17-2-5-20(6-3-17)28(13-18-8-9-32-15-18)24(31)14-29-22-7-4-19(25)11-21(22)27-23(29)12-26/h2-9,11,15H,10,13-14H2,1H3. The predicted octanol–water partition coefficient (Wildman–Crippen LogP) is 4.47. The molecule has 2 heterocycles. The van der Waals surface area contributed by atoms with E-state index in [9.17, 15) is 19.2 Å². The zero-order chi connectivity index (χ0) is 22.7. The minimum Gasteiger partial charge on any atom is -0.306 e. The van der Waals surface area contributed by atoms with Gasteiger partial charge in [0.05, 0.1) is 17.6 Å². The van der Waals surface area contributed by atoms with Crippen LogP contribution >= 0.6 is 11.3 Å². The molecule has 0 fully saturated rings. The molecule has 8 heteroatoms. The minimum atomic E-state index is -0.456. The van der Waals surface area contributed by atoms with E-state index in [-0.39, 0.29) is 24.1 Å². The Hall–Kier alpha value is -3.83. The van der Waals surface area contributed by atoms with Gasteiger partial charge in [-0.25, -0.2) is 9.37 Å². The Morgan fingerprint density at radius 1 is 1.16 bits per heavy atom. The molecule has 0 aliphatic carbocycles. The van der Waals surface area contributed by atoms with Crippen LogP contribution in [0.5, 0.6) is 0 Å². The fourth-order valence-electron chi connectivity index (χ4n) is 3.54. The monoisotopic (exact) mass is 446 g/mol. The Kier molecular flexibility index (Phi) is 6.10. The fraction of sp³-hybridized carbons (Fsp3) is 0.167. The number of nitrogens with zero attached hydrogens (tertiary/aromatic N) is 4. The quantitative estimate of drug-likeness (QED) is 0.419. The van der Waals surface area contributed by atoms with E-state index in [1.807, 2.05) is 47.2 Å². The highest BCUT2D eigenvalue weighted by Crippen LogP contribution is 2.23. The molecule has 0 N–H and O–H groups in total. The second-order valence-corrected chi connectivity index (χ2v) is 8.20. The van der Waals surface area contributed by atoms with Crippen LogP contribution in [0, 0.1) is 17.1 Å². The van der Waals surface area contributed by atoms with Gasteiger partial charge in [-0.15, -0.1) is 0 Å². The van der Waals surface area contributed by atoms with E-state index >= 15 is 0 Å². The highest BCUT2D eigenvalue weighted by Gasteiger charge is 2.21. The molecule has 4 rings (SSSR count). The first kappa shape index (κ1) is 21.4. The number of fused-ring (bicyclic) bond motifs is 1. The van der Waals surface area contributed by atoms with Crippen LogP contribution in [0.3, 0.4) is 0 Å². The lowest BCUT2D eigenvalue weighted by atomic mass is 10.1. The molecule has 0 bridgehead atoms. The third kappa shape index (κ3) is 4.58. The van der Waals surface area contributed by atoms with Crippen molar-refractivity contribution in [3.63, 3.8) is 0 Å². The number of hydrogen-bond donors (Lipinski definition) is 0. The average Bonchev–Trinajstić information content (AvgIpc) is 3.39. The van der Waals surface area contributed by atoms with E-state index in [4.69, 9.17) is 0 Å². The first-order chi connectivity index (χ1) is 15.4. The summed E-state index contributed by atoms with van der Waals surface area (Å²) in [5, 5.41) is 13.4. The average molecular weight is 447 g/mol. The summed E-state index contributed by atoms with van der Waals surface area (Å²) >= 11 is 1.54. The van der Waals surface area contributed by atoms with E-state index in [0.717, 1.165) is 11.1 Å². The third-order valence-corrected chi connectivity index (χ3v) is 5.76. The molecule has 0 saturated heterocycles. The lowest BCUT2D eigenvalue weighted by molar-refractivity contribution is -0.119. The van der Waals surface area contributed by atoms with E-state index in [1.165, 1.54) is 29.7 Å². The van der Waals surface area contributed by atoms with Gasteiger partial charge in [0.1, 0.15) is 24.2 Å². The summed E-state index contributed by atoms with van der Waals surface area (Å²) < 4.78 is 15.1. The summed E-state index contributed by atoms with van der Waals surface area (Å²) in [7, 11) is 0. The maximum atomic E-state index is 13.6. The van der Waals surface area contributed by atoms with Gasteiger partial charge in [0.25, 0.3) is 0 Å². The van der Waals surface area contributed by atoms with Crippen molar-refractivity contribution in [3.05, 3.63) is 82.1 Å². The van der Waals surface area contributed by atoms with E-state index < -0.39 is 5.82 Å². The fourth-order valence-corrected chi connectivity index (χ4v) is 4.20. The van der Waals surface area contributed by atoms with Crippen molar-refractivity contribution in [3.8, 4) is 6.07 Å². The Morgan fingerprint density at radius 3 is 2.59 bits per heavy atom. The molecule has 6 nitrogen and oxygen atoms in total. The molecular weight excluding hydrogens is 427 g/mol. The third-order valence-electron chi connectivity index (χ3n) is 5.03. The summed E-state index contributed by atoms with van der Waals surface area (Å²) in [6.45, 7) is 1.77. The van der Waals surface area contributed by atoms with Crippen molar-refractivity contribution in [1.82, 2.24) is 9.55 Å². The first-order valence-corrected chi connectivity index (χ1v) is 10.8. The highest BCUT2D eigenvalue weighted by atomic mass is 32.1. The van der Waals surface area contributed by atoms with Gasteiger partial charge < -0.3 is 9.47 Å². The topological polar surface area (TPSA) is 79.0 Å². The Bertz CT molecular complexity index is 1320. The number of hydrogen-bond acceptors (Lipinski definition) is 5. The lowest BCUT2D eigenvalue weighted by Crippen LogP contribution is -2.33. The Balaban J connectivity index is 1.67. The van der Waals surface area contributed by atoms with Crippen LogP contribution in [0.4, 0.5) is 10.1 Å². The summed E-state index contributed by atoms with van der Waals surface area (Å²) in [4.78, 5) is 30.6. The summed E-state index contributed by atoms with van der Waals surface area (Å²) in [5.74, 6) is -0.582. The van der Waals surface area contributed by atoms with Crippen LogP contribution < -0.4 is 4.90 Å². The van der Waals surface area contributed by atoms with Crippen molar-refractivity contribution in [1.29, 1.82) is 5.26 Å². The number of aromatic nitrogens is 2. The number of Topliss-reactive ketones (excluding diaryl/α,β-unsaturated/α-hetero) is 1. The normalized spacial score (nSPS) is 10.8. The molecule has 32 heavy (non-hydrogen) atoms. The molecule has 0 spiro atoms. The predicted molar refractivity (Wildman–Crippen MR) is 121 cm³/mol. The number of rotatable bonds is 7. The van der Waals surface area contributed by atoms with Gasteiger partial charge in [0.2, 0.25) is 11.7 Å². The van der Waals surface area contributed by atoms with Crippen LogP contribution in [0.25, 0.3) is 11.0 Å². The number of halogens is 1. The number of carbonyl (C=O) groups excluding carboxylic acids is 2. The van der Waals surface area contributed by atoms with Crippen LogP contribution in [0.1, 0.15) is 23.9 Å². The molecule has 0 aliphatic rings.